The van der Waals surface area contributed by atoms with Crippen LogP contribution in [0.4, 0.5) is 13.2 Å². The van der Waals surface area contributed by atoms with Gasteiger partial charge < -0.3 is 9.47 Å². The number of hydrogen-bond donors (Lipinski definition) is 0. The van der Waals surface area contributed by atoms with Crippen molar-refractivity contribution in [1.29, 1.82) is 0 Å². The van der Waals surface area contributed by atoms with Crippen molar-refractivity contribution < 1.29 is 22.6 Å². The van der Waals surface area contributed by atoms with Crippen LogP contribution in [0.1, 0.15) is 44.1 Å². The lowest BCUT2D eigenvalue weighted by Crippen LogP contribution is -2.25. The number of allylic oxidation sites excluding steroid dienone is 2. The molecule has 1 fully saturated rings. The first-order chi connectivity index (χ1) is 16.5. The third-order valence-corrected chi connectivity index (χ3v) is 5.97. The quantitative estimate of drug-likeness (QED) is 0.328. The van der Waals surface area contributed by atoms with E-state index in [0.717, 1.165) is 18.4 Å². The molecule has 0 N–H and O–H groups in total. The monoisotopic (exact) mass is 466 g/mol. The first-order valence-corrected chi connectivity index (χ1v) is 11.7. The van der Waals surface area contributed by atoms with Crippen LogP contribution in [-0.4, -0.2) is 13.2 Å². The smallest absolute Gasteiger partial charge is 0.186 e. The Hall–Kier alpha value is -2.89. The van der Waals surface area contributed by atoms with Gasteiger partial charge >= 0.3 is 0 Å². The molecule has 1 saturated heterocycles. The lowest BCUT2D eigenvalue weighted by atomic mass is 9.97. The number of unbranched alkanes of at least 4 members (excludes halogenated alkanes) is 1. The lowest BCUT2D eigenvalue weighted by molar-refractivity contribution is -0.203. The highest BCUT2D eigenvalue weighted by Gasteiger charge is 2.23. The molecule has 34 heavy (non-hydrogen) atoms. The van der Waals surface area contributed by atoms with E-state index < -0.39 is 23.7 Å². The van der Waals surface area contributed by atoms with Crippen LogP contribution in [0.25, 0.3) is 22.3 Å². The van der Waals surface area contributed by atoms with Crippen molar-refractivity contribution in [3.8, 4) is 22.3 Å². The molecule has 0 aliphatic carbocycles. The number of hydrogen-bond acceptors (Lipinski definition) is 2. The standard InChI is InChI=1S/C29H29F3O2/c1-3-4-5-6-7-22-12-14-24(28(32)27(22)31)21-10-8-20(9-11-21)23-13-15-25(26(30)16-23)29-33-17-19(2)18-34-29/h5-6,8-16,19,29H,3-4,7,17-18H2,1-2H3/b6-5-. The fourth-order valence-electron chi connectivity index (χ4n) is 3.98. The SMILES string of the molecule is CCC/C=C\Cc1ccc(-c2ccc(-c3ccc(C4OCC(C)CO4)c(F)c3)cc2)c(F)c1F. The minimum Gasteiger partial charge on any atom is -0.348 e. The van der Waals surface area contributed by atoms with Gasteiger partial charge in [0.05, 0.1) is 13.2 Å². The van der Waals surface area contributed by atoms with E-state index >= 15 is 0 Å². The fourth-order valence-corrected chi connectivity index (χ4v) is 3.98. The zero-order valence-electron chi connectivity index (χ0n) is 19.5. The number of halogens is 3. The van der Waals surface area contributed by atoms with Crippen molar-refractivity contribution in [2.45, 2.75) is 39.4 Å². The summed E-state index contributed by atoms with van der Waals surface area (Å²) >= 11 is 0. The molecule has 3 aromatic rings. The number of rotatable bonds is 7. The summed E-state index contributed by atoms with van der Waals surface area (Å²) < 4.78 is 55.3. The van der Waals surface area contributed by atoms with Crippen LogP contribution in [0.15, 0.2) is 66.7 Å². The van der Waals surface area contributed by atoms with E-state index in [2.05, 4.69) is 6.92 Å². The van der Waals surface area contributed by atoms with Crippen LogP contribution < -0.4 is 0 Å². The topological polar surface area (TPSA) is 18.5 Å². The van der Waals surface area contributed by atoms with Gasteiger partial charge in [0.25, 0.3) is 0 Å². The molecule has 1 aliphatic heterocycles. The van der Waals surface area contributed by atoms with Gasteiger partial charge in [-0.3, -0.25) is 0 Å². The van der Waals surface area contributed by atoms with E-state index in [9.17, 15) is 13.2 Å². The highest BCUT2D eigenvalue weighted by atomic mass is 19.2. The Bertz CT molecular complexity index is 1150. The molecule has 3 aromatic carbocycles. The average molecular weight is 467 g/mol. The molecule has 1 aliphatic rings. The number of ether oxygens (including phenoxy) is 2. The highest BCUT2D eigenvalue weighted by Crippen LogP contribution is 2.32. The van der Waals surface area contributed by atoms with Crippen molar-refractivity contribution in [2.24, 2.45) is 5.92 Å². The molecule has 0 spiro atoms. The van der Waals surface area contributed by atoms with Gasteiger partial charge in [0.15, 0.2) is 17.9 Å². The molecular weight excluding hydrogens is 437 g/mol. The van der Waals surface area contributed by atoms with Crippen LogP contribution in [0.2, 0.25) is 0 Å². The van der Waals surface area contributed by atoms with Crippen LogP contribution in [0.5, 0.6) is 0 Å². The maximum atomic E-state index is 14.8. The largest absolute Gasteiger partial charge is 0.348 e. The molecule has 0 atom stereocenters. The summed E-state index contributed by atoms with van der Waals surface area (Å²) in [6, 6.07) is 15.1. The second kappa shape index (κ2) is 11.0. The second-order valence-electron chi connectivity index (χ2n) is 8.78. The van der Waals surface area contributed by atoms with Crippen LogP contribution in [-0.2, 0) is 15.9 Å². The zero-order valence-corrected chi connectivity index (χ0v) is 19.5. The molecule has 1 heterocycles. The average Bonchev–Trinajstić information content (AvgIpc) is 2.85. The van der Waals surface area contributed by atoms with E-state index in [4.69, 9.17) is 9.47 Å². The number of benzene rings is 3. The van der Waals surface area contributed by atoms with Gasteiger partial charge in [-0.05, 0) is 41.2 Å². The molecular formula is C29H29F3O2. The summed E-state index contributed by atoms with van der Waals surface area (Å²) in [5.41, 5.74) is 2.91. The van der Waals surface area contributed by atoms with Gasteiger partial charge in [-0.2, -0.15) is 0 Å². The van der Waals surface area contributed by atoms with Crippen molar-refractivity contribution >= 4 is 0 Å². The maximum Gasteiger partial charge on any atom is 0.186 e. The summed E-state index contributed by atoms with van der Waals surface area (Å²) in [6.45, 7) is 5.14. The van der Waals surface area contributed by atoms with Gasteiger partial charge in [-0.1, -0.05) is 81.0 Å². The molecule has 0 aromatic heterocycles. The minimum absolute atomic E-state index is 0.202. The van der Waals surface area contributed by atoms with E-state index in [1.807, 2.05) is 19.1 Å². The van der Waals surface area contributed by atoms with E-state index in [0.29, 0.717) is 41.9 Å². The summed E-state index contributed by atoms with van der Waals surface area (Å²) in [4.78, 5) is 0. The van der Waals surface area contributed by atoms with Crippen molar-refractivity contribution in [2.75, 3.05) is 13.2 Å². The third kappa shape index (κ3) is 5.43. The Labute approximate surface area is 199 Å². The summed E-state index contributed by atoms with van der Waals surface area (Å²) in [5.74, 6) is -1.79. The fraction of sp³-hybridized carbons (Fsp3) is 0.310. The van der Waals surface area contributed by atoms with Gasteiger partial charge in [0.2, 0.25) is 0 Å². The predicted molar refractivity (Wildman–Crippen MR) is 129 cm³/mol. The Balaban J connectivity index is 1.51. The van der Waals surface area contributed by atoms with Gasteiger partial charge in [-0.15, -0.1) is 0 Å². The Morgan fingerprint density at radius 1 is 0.824 bits per heavy atom. The minimum atomic E-state index is -0.855. The second-order valence-corrected chi connectivity index (χ2v) is 8.78. The zero-order chi connectivity index (χ0) is 24.1. The molecule has 0 unspecified atom stereocenters. The lowest BCUT2D eigenvalue weighted by Gasteiger charge is -2.27. The molecule has 0 saturated carbocycles. The van der Waals surface area contributed by atoms with Crippen LogP contribution >= 0.6 is 0 Å². The summed E-state index contributed by atoms with van der Waals surface area (Å²) in [5, 5.41) is 0. The Kier molecular flexibility index (Phi) is 7.86. The molecule has 0 bridgehead atoms. The first kappa shape index (κ1) is 24.2. The first-order valence-electron chi connectivity index (χ1n) is 11.7. The van der Waals surface area contributed by atoms with Gasteiger partial charge in [0, 0.05) is 17.0 Å². The van der Waals surface area contributed by atoms with Crippen LogP contribution in [0, 0.1) is 23.4 Å². The molecule has 178 valence electrons. The Morgan fingerprint density at radius 2 is 1.50 bits per heavy atom. The Morgan fingerprint density at radius 3 is 2.18 bits per heavy atom. The molecule has 0 radical (unpaired) electrons. The summed E-state index contributed by atoms with van der Waals surface area (Å²) in [6.07, 6.45) is 5.45. The van der Waals surface area contributed by atoms with Gasteiger partial charge in [0.1, 0.15) is 5.82 Å². The maximum absolute atomic E-state index is 14.8. The van der Waals surface area contributed by atoms with Crippen molar-refractivity contribution in [3.05, 3.63) is 95.3 Å². The van der Waals surface area contributed by atoms with E-state index in [1.165, 1.54) is 6.07 Å². The molecule has 2 nitrogen and oxygen atoms in total. The van der Waals surface area contributed by atoms with Crippen molar-refractivity contribution in [3.63, 3.8) is 0 Å². The van der Waals surface area contributed by atoms with Crippen molar-refractivity contribution in [1.82, 2.24) is 0 Å². The normalized spacial score (nSPS) is 18.5. The summed E-state index contributed by atoms with van der Waals surface area (Å²) in [7, 11) is 0. The molecule has 4 rings (SSSR count). The van der Waals surface area contributed by atoms with E-state index in [-0.39, 0.29) is 11.5 Å². The molecule has 5 heteroatoms. The predicted octanol–water partition coefficient (Wildman–Crippen LogP) is 8.02. The highest BCUT2D eigenvalue weighted by molar-refractivity contribution is 5.71. The molecule has 0 amide bonds. The third-order valence-electron chi connectivity index (χ3n) is 5.97. The van der Waals surface area contributed by atoms with E-state index in [1.54, 1.807) is 48.5 Å². The van der Waals surface area contributed by atoms with Crippen LogP contribution in [0.3, 0.4) is 0 Å². The van der Waals surface area contributed by atoms with Gasteiger partial charge in [-0.25, -0.2) is 13.2 Å².